The summed E-state index contributed by atoms with van der Waals surface area (Å²) in [6, 6.07) is 0. The van der Waals surface area contributed by atoms with Gasteiger partial charge in [0.05, 0.1) is 6.61 Å². The molecule has 12 heavy (non-hydrogen) atoms. The molecule has 1 heterocycles. The smallest absolute Gasteiger partial charge is 0.0535 e. The van der Waals surface area contributed by atoms with Gasteiger partial charge in [0.15, 0.2) is 0 Å². The Morgan fingerprint density at radius 3 is 2.42 bits per heavy atom. The Kier molecular flexibility index (Phi) is 2.79. The lowest BCUT2D eigenvalue weighted by atomic mass is 9.73. The van der Waals surface area contributed by atoms with E-state index in [1.165, 1.54) is 6.42 Å². The van der Waals surface area contributed by atoms with Gasteiger partial charge in [-0.15, -0.1) is 0 Å². The lowest BCUT2D eigenvalue weighted by Crippen LogP contribution is -2.34. The molecule has 2 heteroatoms. The van der Waals surface area contributed by atoms with E-state index in [-0.39, 0.29) is 5.41 Å². The van der Waals surface area contributed by atoms with Crippen molar-refractivity contribution in [3.63, 3.8) is 0 Å². The zero-order chi connectivity index (χ0) is 9.24. The summed E-state index contributed by atoms with van der Waals surface area (Å²) in [6.45, 7) is 9.33. The summed E-state index contributed by atoms with van der Waals surface area (Å²) in [5.74, 6) is 0. The summed E-state index contributed by atoms with van der Waals surface area (Å²) in [6.07, 6.45) is 2.32. The molecule has 0 spiro atoms. The molecule has 0 aromatic carbocycles. The molecule has 1 fully saturated rings. The maximum absolute atomic E-state index is 5.80. The lowest BCUT2D eigenvalue weighted by Gasteiger charge is -2.33. The third kappa shape index (κ3) is 2.46. The maximum Gasteiger partial charge on any atom is 0.0535 e. The minimum atomic E-state index is 0.276. The van der Waals surface area contributed by atoms with Crippen molar-refractivity contribution >= 4 is 0 Å². The van der Waals surface area contributed by atoms with E-state index in [2.05, 4.69) is 20.8 Å². The Hall–Kier alpha value is -0.0800. The first kappa shape index (κ1) is 10.0. The molecule has 1 saturated heterocycles. The molecule has 1 rings (SSSR count). The van der Waals surface area contributed by atoms with Gasteiger partial charge in [-0.2, -0.15) is 0 Å². The van der Waals surface area contributed by atoms with E-state index in [4.69, 9.17) is 10.5 Å². The topological polar surface area (TPSA) is 35.2 Å². The Bertz CT molecular complexity index is 142. The van der Waals surface area contributed by atoms with Crippen molar-refractivity contribution in [1.82, 2.24) is 0 Å². The van der Waals surface area contributed by atoms with Crippen LogP contribution in [0.15, 0.2) is 0 Å². The first-order valence-electron chi connectivity index (χ1n) is 4.75. The second-order valence-corrected chi connectivity index (χ2v) is 5.24. The third-order valence-corrected chi connectivity index (χ3v) is 2.52. The predicted octanol–water partition coefficient (Wildman–Crippen LogP) is 1.79. The minimum Gasteiger partial charge on any atom is -0.381 e. The average molecular weight is 171 g/mol. The van der Waals surface area contributed by atoms with Crippen molar-refractivity contribution in [1.29, 1.82) is 0 Å². The van der Waals surface area contributed by atoms with E-state index in [9.17, 15) is 0 Å². The highest BCUT2D eigenvalue weighted by atomic mass is 16.5. The number of hydrogen-bond acceptors (Lipinski definition) is 2. The summed E-state index contributed by atoms with van der Waals surface area (Å²) < 4.78 is 5.42. The van der Waals surface area contributed by atoms with Crippen LogP contribution < -0.4 is 5.73 Å². The summed E-state index contributed by atoms with van der Waals surface area (Å²) in [4.78, 5) is 0. The van der Waals surface area contributed by atoms with Gasteiger partial charge >= 0.3 is 0 Å². The molecule has 1 atom stereocenters. The van der Waals surface area contributed by atoms with Crippen LogP contribution in [-0.2, 0) is 4.74 Å². The fourth-order valence-electron chi connectivity index (χ4n) is 2.15. The van der Waals surface area contributed by atoms with E-state index >= 15 is 0 Å². The van der Waals surface area contributed by atoms with Gasteiger partial charge in [0.2, 0.25) is 0 Å². The van der Waals surface area contributed by atoms with Gasteiger partial charge in [0, 0.05) is 18.6 Å². The Balaban J connectivity index is 2.55. The molecule has 0 aromatic heterocycles. The van der Waals surface area contributed by atoms with Crippen molar-refractivity contribution < 1.29 is 4.74 Å². The van der Waals surface area contributed by atoms with E-state index in [1.54, 1.807) is 0 Å². The highest BCUT2D eigenvalue weighted by Gasteiger charge is 2.36. The van der Waals surface area contributed by atoms with Crippen LogP contribution in [0.25, 0.3) is 0 Å². The molecule has 72 valence electrons. The number of hydrogen-bond donors (Lipinski definition) is 1. The zero-order valence-electron chi connectivity index (χ0n) is 8.52. The van der Waals surface area contributed by atoms with Crippen LogP contribution in [0.5, 0.6) is 0 Å². The van der Waals surface area contributed by atoms with Crippen molar-refractivity contribution in [3.05, 3.63) is 0 Å². The normalized spacial score (nSPS) is 31.0. The SMILES string of the molecule is CC(C)(C)CC1(CN)CCOC1. The molecule has 0 saturated carbocycles. The van der Waals surface area contributed by atoms with Gasteiger partial charge in [-0.1, -0.05) is 20.8 Å². The standard InChI is InChI=1S/C10H21NO/c1-9(2,3)6-10(7-11)4-5-12-8-10/h4-8,11H2,1-3H3. The summed E-state index contributed by atoms with van der Waals surface area (Å²) >= 11 is 0. The monoisotopic (exact) mass is 171 g/mol. The van der Waals surface area contributed by atoms with Crippen LogP contribution in [-0.4, -0.2) is 19.8 Å². The van der Waals surface area contributed by atoms with Gasteiger partial charge in [-0.05, 0) is 18.3 Å². The van der Waals surface area contributed by atoms with Crippen LogP contribution in [0.4, 0.5) is 0 Å². The van der Waals surface area contributed by atoms with Crippen molar-refractivity contribution in [2.24, 2.45) is 16.6 Å². The Morgan fingerprint density at radius 1 is 1.42 bits per heavy atom. The second kappa shape index (κ2) is 3.35. The number of ether oxygens (including phenoxy) is 1. The zero-order valence-corrected chi connectivity index (χ0v) is 8.52. The molecular formula is C10H21NO. The summed E-state index contributed by atoms with van der Waals surface area (Å²) in [5.41, 5.74) is 6.44. The largest absolute Gasteiger partial charge is 0.381 e. The van der Waals surface area contributed by atoms with Gasteiger partial charge in [-0.3, -0.25) is 0 Å². The van der Waals surface area contributed by atoms with Gasteiger partial charge in [0.25, 0.3) is 0 Å². The van der Waals surface area contributed by atoms with Crippen LogP contribution in [0.1, 0.15) is 33.6 Å². The molecule has 2 N–H and O–H groups in total. The van der Waals surface area contributed by atoms with E-state index < -0.39 is 0 Å². The van der Waals surface area contributed by atoms with Crippen LogP contribution in [0, 0.1) is 10.8 Å². The van der Waals surface area contributed by atoms with Gasteiger partial charge in [0.1, 0.15) is 0 Å². The second-order valence-electron chi connectivity index (χ2n) is 5.24. The third-order valence-electron chi connectivity index (χ3n) is 2.52. The Labute approximate surface area is 75.5 Å². The fraction of sp³-hybridized carbons (Fsp3) is 1.00. The van der Waals surface area contributed by atoms with E-state index in [0.717, 1.165) is 26.2 Å². The van der Waals surface area contributed by atoms with Crippen LogP contribution in [0.3, 0.4) is 0 Å². The quantitative estimate of drug-likeness (QED) is 0.687. The first-order valence-corrected chi connectivity index (χ1v) is 4.75. The Morgan fingerprint density at radius 2 is 2.08 bits per heavy atom. The van der Waals surface area contributed by atoms with Crippen molar-refractivity contribution in [2.75, 3.05) is 19.8 Å². The van der Waals surface area contributed by atoms with Crippen LogP contribution >= 0.6 is 0 Å². The van der Waals surface area contributed by atoms with Crippen molar-refractivity contribution in [2.45, 2.75) is 33.6 Å². The van der Waals surface area contributed by atoms with Crippen molar-refractivity contribution in [3.8, 4) is 0 Å². The molecule has 0 radical (unpaired) electrons. The maximum atomic E-state index is 5.80. The highest BCUT2D eigenvalue weighted by molar-refractivity contribution is 4.87. The molecule has 0 aliphatic carbocycles. The predicted molar refractivity (Wildman–Crippen MR) is 51.0 cm³/mol. The molecule has 2 nitrogen and oxygen atoms in total. The average Bonchev–Trinajstić information content (AvgIpc) is 2.34. The molecular weight excluding hydrogens is 150 g/mol. The molecule has 0 amide bonds. The molecule has 1 aliphatic heterocycles. The first-order chi connectivity index (χ1) is 5.47. The molecule has 1 unspecified atom stereocenters. The lowest BCUT2D eigenvalue weighted by molar-refractivity contribution is 0.122. The van der Waals surface area contributed by atoms with Crippen LogP contribution in [0.2, 0.25) is 0 Å². The highest BCUT2D eigenvalue weighted by Crippen LogP contribution is 2.38. The fourth-order valence-corrected chi connectivity index (χ4v) is 2.15. The minimum absolute atomic E-state index is 0.276. The molecule has 1 aliphatic rings. The van der Waals surface area contributed by atoms with Gasteiger partial charge in [-0.25, -0.2) is 0 Å². The van der Waals surface area contributed by atoms with E-state index in [1.807, 2.05) is 0 Å². The number of rotatable bonds is 2. The summed E-state index contributed by atoms with van der Waals surface area (Å²) in [7, 11) is 0. The number of nitrogens with two attached hydrogens (primary N) is 1. The molecule has 0 aromatic rings. The van der Waals surface area contributed by atoms with E-state index in [0.29, 0.717) is 5.41 Å². The van der Waals surface area contributed by atoms with Gasteiger partial charge < -0.3 is 10.5 Å². The molecule has 0 bridgehead atoms. The summed E-state index contributed by atoms with van der Waals surface area (Å²) in [5, 5.41) is 0.